The topological polar surface area (TPSA) is 20.2 Å². The van der Waals surface area contributed by atoms with E-state index in [9.17, 15) is 0 Å². The van der Waals surface area contributed by atoms with Gasteiger partial charge in [-0.25, -0.2) is 0 Å². The van der Waals surface area contributed by atoms with E-state index in [-0.39, 0.29) is 6.61 Å². The van der Waals surface area contributed by atoms with Crippen molar-refractivity contribution in [2.24, 2.45) is 17.3 Å². The zero-order valence-electron chi connectivity index (χ0n) is 16.1. The first kappa shape index (κ1) is 22.9. The number of fused-ring (bicyclic) bond motifs is 1. The van der Waals surface area contributed by atoms with Crippen molar-refractivity contribution in [1.82, 2.24) is 0 Å². The van der Waals surface area contributed by atoms with E-state index in [1.165, 1.54) is 38.5 Å². The summed E-state index contributed by atoms with van der Waals surface area (Å²) in [7, 11) is 0. The Morgan fingerprint density at radius 2 is 2.04 bits per heavy atom. The van der Waals surface area contributed by atoms with Crippen molar-refractivity contribution in [3.05, 3.63) is 22.7 Å². The fraction of sp³-hybridized carbons (Fsp3) is 0.810. The third kappa shape index (κ3) is 6.74. The number of aliphatic hydroxyl groups is 1. The second kappa shape index (κ2) is 12.3. The Bertz CT molecular complexity index is 361. The standard InChI is InChI=1S/C12H19Br.C7H14O.C2H6/c1-9-5-6-11-10(8-13)4-3-7-12(9,11)2;1-3-4-5-7(2)6-8;1-2/h8-9,11H,3-7H2,1-2H3;8H,2-6H2,1H3;1-2H3/b10-8+;;. The molecule has 1 nitrogen and oxygen atoms in total. The molecule has 3 unspecified atom stereocenters. The normalized spacial score (nSPS) is 30.7. The van der Waals surface area contributed by atoms with Crippen LogP contribution in [0.1, 0.15) is 86.0 Å². The summed E-state index contributed by atoms with van der Waals surface area (Å²) in [6, 6.07) is 0. The number of halogens is 1. The highest BCUT2D eigenvalue weighted by atomic mass is 79.9. The van der Waals surface area contributed by atoms with Crippen LogP contribution in [0.4, 0.5) is 0 Å². The molecule has 2 saturated carbocycles. The van der Waals surface area contributed by atoms with Gasteiger partial charge in [-0.2, -0.15) is 0 Å². The van der Waals surface area contributed by atoms with Gasteiger partial charge in [0.25, 0.3) is 0 Å². The Morgan fingerprint density at radius 1 is 1.39 bits per heavy atom. The average Bonchev–Trinajstić information content (AvgIpc) is 2.90. The molecular weight excluding hydrogens is 348 g/mol. The van der Waals surface area contributed by atoms with Crippen molar-refractivity contribution in [1.29, 1.82) is 0 Å². The molecule has 0 aromatic carbocycles. The third-order valence-electron chi connectivity index (χ3n) is 5.69. The van der Waals surface area contributed by atoms with Crippen molar-refractivity contribution in [3.63, 3.8) is 0 Å². The van der Waals surface area contributed by atoms with Gasteiger partial charge in [0.2, 0.25) is 0 Å². The molecule has 0 bridgehead atoms. The number of unbranched alkanes of at least 4 members (excludes halogenated alkanes) is 1. The molecule has 2 aliphatic rings. The van der Waals surface area contributed by atoms with Gasteiger partial charge in [0.1, 0.15) is 0 Å². The van der Waals surface area contributed by atoms with E-state index in [0.29, 0.717) is 5.41 Å². The van der Waals surface area contributed by atoms with Gasteiger partial charge in [0.15, 0.2) is 0 Å². The van der Waals surface area contributed by atoms with Gasteiger partial charge >= 0.3 is 0 Å². The fourth-order valence-corrected chi connectivity index (χ4v) is 4.48. The lowest BCUT2D eigenvalue weighted by Crippen LogP contribution is -2.31. The van der Waals surface area contributed by atoms with E-state index in [2.05, 4.69) is 48.3 Å². The average molecular weight is 387 g/mol. The van der Waals surface area contributed by atoms with E-state index in [0.717, 1.165) is 30.3 Å². The molecule has 0 spiro atoms. The first-order valence-electron chi connectivity index (χ1n) is 9.56. The minimum Gasteiger partial charge on any atom is -0.392 e. The lowest BCUT2D eigenvalue weighted by atomic mass is 9.64. The minimum absolute atomic E-state index is 0.153. The van der Waals surface area contributed by atoms with Gasteiger partial charge in [0.05, 0.1) is 6.61 Å². The molecule has 0 amide bonds. The highest BCUT2D eigenvalue weighted by Crippen LogP contribution is 2.57. The number of hydrogen-bond acceptors (Lipinski definition) is 1. The third-order valence-corrected chi connectivity index (χ3v) is 6.27. The monoisotopic (exact) mass is 386 g/mol. The summed E-state index contributed by atoms with van der Waals surface area (Å²) in [6.45, 7) is 14.9. The first-order valence-corrected chi connectivity index (χ1v) is 10.5. The van der Waals surface area contributed by atoms with Gasteiger partial charge in [-0.05, 0) is 67.2 Å². The van der Waals surface area contributed by atoms with E-state index >= 15 is 0 Å². The molecule has 0 aliphatic heterocycles. The highest BCUT2D eigenvalue weighted by Gasteiger charge is 2.46. The lowest BCUT2D eigenvalue weighted by molar-refractivity contribution is 0.147. The maximum atomic E-state index is 8.46. The second-order valence-electron chi connectivity index (χ2n) is 7.09. The minimum atomic E-state index is 0.153. The molecule has 2 rings (SSSR count). The van der Waals surface area contributed by atoms with Crippen LogP contribution < -0.4 is 0 Å². The molecular formula is C21H39BrO. The molecule has 1 N–H and O–H groups in total. The molecule has 0 saturated heterocycles. The van der Waals surface area contributed by atoms with Crippen LogP contribution in [0.3, 0.4) is 0 Å². The highest BCUT2D eigenvalue weighted by molar-refractivity contribution is 9.11. The molecule has 23 heavy (non-hydrogen) atoms. The van der Waals surface area contributed by atoms with Gasteiger partial charge in [-0.1, -0.05) is 74.7 Å². The molecule has 2 fully saturated rings. The van der Waals surface area contributed by atoms with E-state index in [1.807, 2.05) is 13.8 Å². The number of allylic oxidation sites excluding steroid dienone is 1. The fourth-order valence-electron chi connectivity index (χ4n) is 3.93. The van der Waals surface area contributed by atoms with Crippen molar-refractivity contribution < 1.29 is 5.11 Å². The van der Waals surface area contributed by atoms with Gasteiger partial charge in [-0.3, -0.25) is 0 Å². The summed E-state index contributed by atoms with van der Waals surface area (Å²) >= 11 is 3.53. The Morgan fingerprint density at radius 3 is 2.57 bits per heavy atom. The Kier molecular flexibility index (Phi) is 12.3. The van der Waals surface area contributed by atoms with Crippen LogP contribution in [0.2, 0.25) is 0 Å². The summed E-state index contributed by atoms with van der Waals surface area (Å²) in [5.41, 5.74) is 3.25. The second-order valence-corrected chi connectivity index (χ2v) is 7.54. The molecule has 2 heteroatoms. The summed E-state index contributed by atoms with van der Waals surface area (Å²) < 4.78 is 0. The molecule has 0 aromatic rings. The predicted molar refractivity (Wildman–Crippen MR) is 108 cm³/mol. The lowest BCUT2D eigenvalue weighted by Gasteiger charge is -2.41. The summed E-state index contributed by atoms with van der Waals surface area (Å²) in [5.74, 6) is 1.82. The largest absolute Gasteiger partial charge is 0.392 e. The Balaban J connectivity index is 0.000000421. The van der Waals surface area contributed by atoms with Gasteiger partial charge in [0, 0.05) is 0 Å². The van der Waals surface area contributed by atoms with Gasteiger partial charge < -0.3 is 5.11 Å². The van der Waals surface area contributed by atoms with Crippen LogP contribution in [-0.2, 0) is 0 Å². The van der Waals surface area contributed by atoms with E-state index in [1.54, 1.807) is 5.57 Å². The zero-order valence-corrected chi connectivity index (χ0v) is 17.7. The van der Waals surface area contributed by atoms with Crippen LogP contribution >= 0.6 is 15.9 Å². The first-order chi connectivity index (χ1) is 11.0. The molecule has 2 aliphatic carbocycles. The summed E-state index contributed by atoms with van der Waals surface area (Å²) in [5, 5.41) is 8.46. The van der Waals surface area contributed by atoms with Crippen LogP contribution in [0.25, 0.3) is 0 Å². The van der Waals surface area contributed by atoms with Crippen molar-refractivity contribution >= 4 is 15.9 Å². The van der Waals surface area contributed by atoms with E-state index in [4.69, 9.17) is 5.11 Å². The van der Waals surface area contributed by atoms with Crippen molar-refractivity contribution in [3.8, 4) is 0 Å². The van der Waals surface area contributed by atoms with Crippen molar-refractivity contribution in [2.75, 3.05) is 6.61 Å². The smallest absolute Gasteiger partial charge is 0.0639 e. The Labute approximate surface area is 153 Å². The van der Waals surface area contributed by atoms with Crippen molar-refractivity contribution in [2.45, 2.75) is 86.0 Å². The quantitative estimate of drug-likeness (QED) is 0.504. The van der Waals surface area contributed by atoms with Crippen LogP contribution in [-0.4, -0.2) is 11.7 Å². The maximum Gasteiger partial charge on any atom is 0.0639 e. The molecule has 0 aromatic heterocycles. The Hall–Kier alpha value is -0.0800. The molecule has 136 valence electrons. The number of rotatable bonds is 4. The number of hydrogen-bond donors (Lipinski definition) is 1. The zero-order chi connectivity index (χ0) is 17.9. The summed E-state index contributed by atoms with van der Waals surface area (Å²) in [6.07, 6.45) is 10.3. The SMILES string of the molecule is C=C(CO)CCCC.CC.CC1CCC2/C(=C/Br)CCCC12C. The predicted octanol–water partition coefficient (Wildman–Crippen LogP) is 7.25. The van der Waals surface area contributed by atoms with Crippen LogP contribution in [0.15, 0.2) is 22.7 Å². The molecule has 0 radical (unpaired) electrons. The van der Waals surface area contributed by atoms with E-state index < -0.39 is 0 Å². The van der Waals surface area contributed by atoms with Crippen LogP contribution in [0.5, 0.6) is 0 Å². The molecule has 0 heterocycles. The number of aliphatic hydroxyl groups excluding tert-OH is 1. The van der Waals surface area contributed by atoms with Crippen LogP contribution in [0, 0.1) is 17.3 Å². The summed E-state index contributed by atoms with van der Waals surface area (Å²) in [4.78, 5) is 2.20. The maximum absolute atomic E-state index is 8.46. The molecule has 3 atom stereocenters. The van der Waals surface area contributed by atoms with Gasteiger partial charge in [-0.15, -0.1) is 0 Å².